The van der Waals surface area contributed by atoms with Crippen molar-refractivity contribution in [2.75, 3.05) is 7.11 Å². The van der Waals surface area contributed by atoms with Gasteiger partial charge in [-0.25, -0.2) is 14.0 Å². The van der Waals surface area contributed by atoms with E-state index in [4.69, 9.17) is 13.9 Å². The van der Waals surface area contributed by atoms with Gasteiger partial charge in [-0.05, 0) is 55.5 Å². The Bertz CT molecular complexity index is 1420. The lowest BCUT2D eigenvalue weighted by Gasteiger charge is -2.10. The fourth-order valence-electron chi connectivity index (χ4n) is 3.13. The molecular formula is C25H17FO7. The zero-order valence-corrected chi connectivity index (χ0v) is 17.6. The van der Waals surface area contributed by atoms with Crippen molar-refractivity contribution < 1.29 is 32.6 Å². The third kappa shape index (κ3) is 4.45. The number of fused-ring (bicyclic) bond motifs is 1. The highest BCUT2D eigenvalue weighted by atomic mass is 19.1. The molecule has 0 fully saturated rings. The van der Waals surface area contributed by atoms with Crippen LogP contribution >= 0.6 is 0 Å². The van der Waals surface area contributed by atoms with Crippen molar-refractivity contribution in [1.82, 2.24) is 0 Å². The number of methoxy groups -OCH3 is 1. The first kappa shape index (κ1) is 21.8. The van der Waals surface area contributed by atoms with Crippen molar-refractivity contribution in [3.05, 3.63) is 99.7 Å². The molecule has 7 nitrogen and oxygen atoms in total. The van der Waals surface area contributed by atoms with Gasteiger partial charge in [-0.15, -0.1) is 0 Å². The van der Waals surface area contributed by atoms with Gasteiger partial charge in [-0.3, -0.25) is 4.79 Å². The Kier molecular flexibility index (Phi) is 5.91. The number of ether oxygens (including phenoxy) is 3. The van der Waals surface area contributed by atoms with Gasteiger partial charge < -0.3 is 18.6 Å². The maximum atomic E-state index is 13.8. The lowest BCUT2D eigenvalue weighted by atomic mass is 10.2. The zero-order valence-electron chi connectivity index (χ0n) is 17.6. The molecular weight excluding hydrogens is 431 g/mol. The van der Waals surface area contributed by atoms with Crippen molar-refractivity contribution in [3.8, 4) is 17.2 Å². The summed E-state index contributed by atoms with van der Waals surface area (Å²) in [5, 5.41) is 0.201. The molecule has 4 rings (SSSR count). The van der Waals surface area contributed by atoms with Gasteiger partial charge >= 0.3 is 11.9 Å². The van der Waals surface area contributed by atoms with Crippen LogP contribution in [0.2, 0.25) is 0 Å². The van der Waals surface area contributed by atoms with Gasteiger partial charge in [0.05, 0.1) is 23.6 Å². The average molecular weight is 448 g/mol. The summed E-state index contributed by atoms with van der Waals surface area (Å²) in [6.45, 7) is 1.55. The Morgan fingerprint density at radius 1 is 0.909 bits per heavy atom. The topological polar surface area (TPSA) is 92.0 Å². The minimum Gasteiger partial charge on any atom is -0.465 e. The van der Waals surface area contributed by atoms with Gasteiger partial charge in [0.15, 0.2) is 0 Å². The van der Waals surface area contributed by atoms with Crippen LogP contribution in [0.25, 0.3) is 11.0 Å². The van der Waals surface area contributed by atoms with Crippen LogP contribution in [0.3, 0.4) is 0 Å². The second kappa shape index (κ2) is 8.96. The number of hydrogen-bond donors (Lipinski definition) is 0. The molecule has 0 atom stereocenters. The predicted molar refractivity (Wildman–Crippen MR) is 116 cm³/mol. The number of hydrogen-bond acceptors (Lipinski definition) is 7. The Morgan fingerprint density at radius 3 is 2.30 bits per heavy atom. The van der Waals surface area contributed by atoms with Crippen LogP contribution < -0.4 is 14.9 Å². The highest BCUT2D eigenvalue weighted by Gasteiger charge is 2.17. The molecule has 0 unspecified atom stereocenters. The summed E-state index contributed by atoms with van der Waals surface area (Å²) >= 11 is 0. The van der Waals surface area contributed by atoms with E-state index in [1.54, 1.807) is 6.92 Å². The van der Waals surface area contributed by atoms with E-state index in [1.807, 2.05) is 0 Å². The highest BCUT2D eigenvalue weighted by Crippen LogP contribution is 2.28. The second-order valence-electron chi connectivity index (χ2n) is 6.96. The van der Waals surface area contributed by atoms with E-state index < -0.39 is 23.2 Å². The molecule has 0 radical (unpaired) electrons. The van der Waals surface area contributed by atoms with Gasteiger partial charge in [0, 0.05) is 6.07 Å². The minimum absolute atomic E-state index is 0.0237. The molecule has 1 heterocycles. The van der Waals surface area contributed by atoms with Crippen LogP contribution in [0.5, 0.6) is 17.2 Å². The normalized spacial score (nSPS) is 10.6. The lowest BCUT2D eigenvalue weighted by Crippen LogP contribution is -2.11. The van der Waals surface area contributed by atoms with Gasteiger partial charge in [0.25, 0.3) is 0 Å². The molecule has 0 aliphatic rings. The van der Waals surface area contributed by atoms with Crippen LogP contribution in [0.15, 0.2) is 75.9 Å². The van der Waals surface area contributed by atoms with Crippen molar-refractivity contribution in [3.63, 3.8) is 0 Å². The lowest BCUT2D eigenvalue weighted by molar-refractivity contribution is 0.0600. The molecule has 166 valence electrons. The molecule has 1 aromatic heterocycles. The summed E-state index contributed by atoms with van der Waals surface area (Å²) in [5.41, 5.74) is -0.135. The first-order chi connectivity index (χ1) is 15.9. The number of benzene rings is 3. The van der Waals surface area contributed by atoms with Crippen LogP contribution in [0.4, 0.5) is 4.39 Å². The maximum absolute atomic E-state index is 13.8. The predicted octanol–water partition coefficient (Wildman–Crippen LogP) is 5.04. The van der Waals surface area contributed by atoms with Gasteiger partial charge in [-0.1, -0.05) is 12.1 Å². The first-order valence-corrected chi connectivity index (χ1v) is 9.78. The summed E-state index contributed by atoms with van der Waals surface area (Å²) in [5.74, 6) is -1.48. The van der Waals surface area contributed by atoms with Crippen LogP contribution in [0, 0.1) is 12.7 Å². The van der Waals surface area contributed by atoms with Crippen molar-refractivity contribution >= 4 is 22.9 Å². The monoisotopic (exact) mass is 448 g/mol. The smallest absolute Gasteiger partial charge is 0.346 e. The van der Waals surface area contributed by atoms with Gasteiger partial charge in [0.2, 0.25) is 11.2 Å². The molecule has 0 bridgehead atoms. The summed E-state index contributed by atoms with van der Waals surface area (Å²) in [7, 11) is 1.28. The van der Waals surface area contributed by atoms with E-state index in [0.717, 1.165) is 6.07 Å². The summed E-state index contributed by atoms with van der Waals surface area (Å²) in [6.07, 6.45) is 0. The van der Waals surface area contributed by atoms with E-state index >= 15 is 0 Å². The molecule has 0 aliphatic carbocycles. The Labute approximate surface area is 186 Å². The fourth-order valence-corrected chi connectivity index (χ4v) is 3.13. The van der Waals surface area contributed by atoms with Crippen molar-refractivity contribution in [2.24, 2.45) is 0 Å². The molecule has 0 N–H and O–H groups in total. The highest BCUT2D eigenvalue weighted by molar-refractivity contribution is 5.92. The quantitative estimate of drug-likeness (QED) is 0.312. The number of rotatable bonds is 5. The van der Waals surface area contributed by atoms with Crippen molar-refractivity contribution in [2.45, 2.75) is 6.92 Å². The van der Waals surface area contributed by atoms with E-state index in [0.29, 0.717) is 11.3 Å². The average Bonchev–Trinajstić information content (AvgIpc) is 2.81. The molecule has 33 heavy (non-hydrogen) atoms. The van der Waals surface area contributed by atoms with E-state index in [2.05, 4.69) is 4.74 Å². The standard InChI is InChI=1S/C25H17FO7/c1-14-23(32-16-9-7-15(8-10-16)24(28)30-2)22(27)19-12-11-17(13-21(19)31-14)33-25(29)18-5-3-4-6-20(18)26/h3-13H,1-2H3. The van der Waals surface area contributed by atoms with Crippen LogP contribution in [0.1, 0.15) is 26.5 Å². The Hall–Kier alpha value is -4.46. The molecule has 4 aromatic rings. The summed E-state index contributed by atoms with van der Waals surface area (Å²) in [6, 6.07) is 15.7. The molecule has 0 spiro atoms. The third-order valence-electron chi connectivity index (χ3n) is 4.79. The van der Waals surface area contributed by atoms with E-state index in [9.17, 15) is 18.8 Å². The molecule has 3 aromatic carbocycles. The number of esters is 2. The van der Waals surface area contributed by atoms with E-state index in [1.165, 1.54) is 67.8 Å². The maximum Gasteiger partial charge on any atom is 0.346 e. The SMILES string of the molecule is COC(=O)c1ccc(Oc2c(C)oc3cc(OC(=O)c4ccccc4F)ccc3c2=O)cc1. The minimum atomic E-state index is -0.873. The summed E-state index contributed by atoms with van der Waals surface area (Å²) < 4.78 is 35.1. The number of aryl methyl sites for hydroxylation is 1. The molecule has 0 saturated heterocycles. The van der Waals surface area contributed by atoms with Gasteiger partial charge in [0.1, 0.15) is 28.7 Å². The number of carbonyl (C=O) groups is 2. The Balaban J connectivity index is 1.61. The van der Waals surface area contributed by atoms with E-state index in [-0.39, 0.29) is 33.8 Å². The summed E-state index contributed by atoms with van der Waals surface area (Å²) in [4.78, 5) is 36.8. The number of halogens is 1. The molecule has 8 heteroatoms. The fraction of sp³-hybridized carbons (Fsp3) is 0.0800. The first-order valence-electron chi connectivity index (χ1n) is 9.78. The largest absolute Gasteiger partial charge is 0.465 e. The third-order valence-corrected chi connectivity index (χ3v) is 4.79. The van der Waals surface area contributed by atoms with Gasteiger partial charge in [-0.2, -0.15) is 0 Å². The van der Waals surface area contributed by atoms with Crippen LogP contribution in [-0.4, -0.2) is 19.0 Å². The zero-order chi connectivity index (χ0) is 23.5. The van der Waals surface area contributed by atoms with Crippen LogP contribution in [-0.2, 0) is 4.74 Å². The van der Waals surface area contributed by atoms with Crippen molar-refractivity contribution in [1.29, 1.82) is 0 Å². The number of carbonyl (C=O) groups excluding carboxylic acids is 2. The molecule has 0 amide bonds. The molecule has 0 aliphatic heterocycles. The Morgan fingerprint density at radius 2 is 1.61 bits per heavy atom. The molecule has 0 saturated carbocycles. The second-order valence-corrected chi connectivity index (χ2v) is 6.96.